The second-order valence-electron chi connectivity index (χ2n) is 7.16. The largest absolute Gasteiger partial charge is 0.291 e. The van der Waals surface area contributed by atoms with Crippen LogP contribution in [0.1, 0.15) is 22.3 Å². The number of pyridine rings is 1. The Balaban J connectivity index is 1.77. The van der Waals surface area contributed by atoms with Crippen molar-refractivity contribution in [1.29, 1.82) is 10.5 Å². The normalized spacial score (nSPS) is 11.0. The van der Waals surface area contributed by atoms with Crippen molar-refractivity contribution in [3.05, 3.63) is 107 Å². The van der Waals surface area contributed by atoms with Crippen LogP contribution in [0.3, 0.4) is 0 Å². The van der Waals surface area contributed by atoms with Crippen LogP contribution >= 0.6 is 0 Å². The van der Waals surface area contributed by atoms with E-state index < -0.39 is 0 Å². The maximum absolute atomic E-state index is 10.00. The van der Waals surface area contributed by atoms with Gasteiger partial charge in [0.15, 0.2) is 5.65 Å². The van der Waals surface area contributed by atoms with Crippen molar-refractivity contribution in [3.8, 4) is 23.4 Å². The van der Waals surface area contributed by atoms with Gasteiger partial charge in [0.1, 0.15) is 11.6 Å². The van der Waals surface area contributed by atoms with Gasteiger partial charge >= 0.3 is 0 Å². The number of fused-ring (bicyclic) bond motifs is 3. The van der Waals surface area contributed by atoms with Crippen LogP contribution in [-0.2, 0) is 0 Å². The smallest absolute Gasteiger partial charge is 0.157 e. The van der Waals surface area contributed by atoms with Crippen LogP contribution in [0.4, 0.5) is 0 Å². The van der Waals surface area contributed by atoms with Crippen LogP contribution in [0.25, 0.3) is 40.1 Å². The summed E-state index contributed by atoms with van der Waals surface area (Å²) in [5, 5.41) is 19.0. The second kappa shape index (κ2) is 7.63. The number of hydrogen-bond donors (Lipinski definition) is 0. The molecule has 0 aliphatic rings. The van der Waals surface area contributed by atoms with Gasteiger partial charge < -0.3 is 0 Å². The van der Waals surface area contributed by atoms with Gasteiger partial charge in [-0.25, -0.2) is 4.98 Å². The molecule has 0 unspecified atom stereocenters. The predicted octanol–water partition coefficient (Wildman–Crippen LogP) is 6.07. The maximum Gasteiger partial charge on any atom is 0.157 e. The Morgan fingerprint density at radius 2 is 1.52 bits per heavy atom. The number of hydrogen-bond acceptors (Lipinski definition) is 3. The average Bonchev–Trinajstić information content (AvgIpc) is 3.22. The van der Waals surface area contributed by atoms with Crippen molar-refractivity contribution >= 4 is 28.8 Å². The van der Waals surface area contributed by atoms with E-state index in [0.29, 0.717) is 16.8 Å². The number of benzene rings is 3. The summed E-state index contributed by atoms with van der Waals surface area (Å²) < 4.78 is 2.06. The molecule has 0 fully saturated rings. The highest BCUT2D eigenvalue weighted by molar-refractivity contribution is 5.89. The van der Waals surface area contributed by atoms with Gasteiger partial charge in [-0.05, 0) is 47.0 Å². The summed E-state index contributed by atoms with van der Waals surface area (Å²) in [6.07, 6.45) is 3.89. The molecule has 0 aliphatic carbocycles. The molecule has 0 saturated carbocycles. The SMILES string of the molecule is N#Cc1ccc(C=Cc2cc(-c3ccccc3)n3c(nc4ccccc43)c2C#N)cc1. The molecular formula is C27H16N4. The minimum atomic E-state index is 0.528. The van der Waals surface area contributed by atoms with Gasteiger partial charge in [-0.3, -0.25) is 4.40 Å². The second-order valence-corrected chi connectivity index (χ2v) is 7.16. The molecule has 144 valence electrons. The Labute approximate surface area is 179 Å². The number of aromatic nitrogens is 2. The standard InChI is InChI=1S/C27H16N4/c28-17-20-12-10-19(11-13-20)14-15-22-16-26(21-6-2-1-3-7-21)31-25-9-5-4-8-24(25)30-27(31)23(22)18-29/h1-16H. The van der Waals surface area contributed by atoms with Gasteiger partial charge in [0, 0.05) is 0 Å². The quantitative estimate of drug-likeness (QED) is 0.372. The lowest BCUT2D eigenvalue weighted by Crippen LogP contribution is -1.98. The summed E-state index contributed by atoms with van der Waals surface area (Å²) >= 11 is 0. The first-order chi connectivity index (χ1) is 15.3. The monoisotopic (exact) mass is 396 g/mol. The maximum atomic E-state index is 10.00. The van der Waals surface area contributed by atoms with Crippen LogP contribution in [0.2, 0.25) is 0 Å². The van der Waals surface area contributed by atoms with Gasteiger partial charge in [0.2, 0.25) is 0 Å². The topological polar surface area (TPSA) is 64.9 Å². The number of imidazole rings is 1. The first kappa shape index (κ1) is 18.4. The van der Waals surface area contributed by atoms with Crippen molar-refractivity contribution in [2.45, 2.75) is 0 Å². The van der Waals surface area contributed by atoms with Crippen molar-refractivity contribution in [2.75, 3.05) is 0 Å². The lowest BCUT2D eigenvalue weighted by Gasteiger charge is -2.11. The van der Waals surface area contributed by atoms with Gasteiger partial charge in [-0.1, -0.05) is 66.7 Å². The highest BCUT2D eigenvalue weighted by Crippen LogP contribution is 2.31. The molecular weight excluding hydrogens is 380 g/mol. The summed E-state index contributed by atoms with van der Waals surface area (Å²) in [5.41, 5.74) is 7.39. The van der Waals surface area contributed by atoms with Crippen LogP contribution in [0.5, 0.6) is 0 Å². The first-order valence-corrected chi connectivity index (χ1v) is 9.86. The Morgan fingerprint density at radius 1 is 0.774 bits per heavy atom. The lowest BCUT2D eigenvalue weighted by atomic mass is 10.0. The molecule has 5 aromatic rings. The van der Waals surface area contributed by atoms with E-state index in [1.165, 1.54) is 0 Å². The Kier molecular flexibility index (Phi) is 4.52. The van der Waals surface area contributed by atoms with Crippen LogP contribution in [0.15, 0.2) is 84.9 Å². The molecule has 0 atom stereocenters. The van der Waals surface area contributed by atoms with Crippen molar-refractivity contribution < 1.29 is 0 Å². The lowest BCUT2D eigenvalue weighted by molar-refractivity contribution is 1.21. The molecule has 0 saturated heterocycles. The summed E-state index contributed by atoms with van der Waals surface area (Å²) in [4.78, 5) is 4.78. The van der Waals surface area contributed by atoms with Crippen LogP contribution < -0.4 is 0 Å². The molecule has 4 nitrogen and oxygen atoms in total. The van der Waals surface area contributed by atoms with E-state index in [1.807, 2.05) is 72.8 Å². The van der Waals surface area contributed by atoms with Crippen LogP contribution in [0, 0.1) is 22.7 Å². The zero-order chi connectivity index (χ0) is 21.2. The minimum absolute atomic E-state index is 0.528. The summed E-state index contributed by atoms with van der Waals surface area (Å²) in [6.45, 7) is 0. The first-order valence-electron chi connectivity index (χ1n) is 9.86. The molecule has 0 aliphatic heterocycles. The van der Waals surface area contributed by atoms with E-state index in [4.69, 9.17) is 10.2 Å². The van der Waals surface area contributed by atoms with E-state index >= 15 is 0 Å². The van der Waals surface area contributed by atoms with Crippen LogP contribution in [-0.4, -0.2) is 9.38 Å². The Bertz CT molecular complexity index is 1530. The van der Waals surface area contributed by atoms with Crippen molar-refractivity contribution in [3.63, 3.8) is 0 Å². The average molecular weight is 396 g/mol. The highest BCUT2D eigenvalue weighted by Gasteiger charge is 2.16. The highest BCUT2D eigenvalue weighted by atomic mass is 15.0. The third kappa shape index (κ3) is 3.23. The number of nitrogens with zero attached hydrogens (tertiary/aromatic N) is 4. The fourth-order valence-corrected chi connectivity index (χ4v) is 3.77. The molecule has 2 aromatic heterocycles. The third-order valence-corrected chi connectivity index (χ3v) is 5.28. The third-order valence-electron chi connectivity index (χ3n) is 5.28. The molecule has 0 N–H and O–H groups in total. The van der Waals surface area contributed by atoms with E-state index in [9.17, 15) is 5.26 Å². The molecule has 2 heterocycles. The summed E-state index contributed by atoms with van der Waals surface area (Å²) in [7, 11) is 0. The summed E-state index contributed by atoms with van der Waals surface area (Å²) in [5.74, 6) is 0. The van der Waals surface area contributed by atoms with E-state index in [0.717, 1.165) is 33.4 Å². The number of para-hydroxylation sites is 2. The fourth-order valence-electron chi connectivity index (χ4n) is 3.77. The predicted molar refractivity (Wildman–Crippen MR) is 123 cm³/mol. The van der Waals surface area contributed by atoms with E-state index in [2.05, 4.69) is 28.7 Å². The van der Waals surface area contributed by atoms with Crippen molar-refractivity contribution in [1.82, 2.24) is 9.38 Å². The van der Waals surface area contributed by atoms with E-state index in [1.54, 1.807) is 12.1 Å². The fraction of sp³-hybridized carbons (Fsp3) is 0. The zero-order valence-corrected chi connectivity index (χ0v) is 16.5. The van der Waals surface area contributed by atoms with Crippen molar-refractivity contribution in [2.24, 2.45) is 0 Å². The zero-order valence-electron chi connectivity index (χ0n) is 16.5. The minimum Gasteiger partial charge on any atom is -0.291 e. The molecule has 4 heteroatoms. The molecule has 0 spiro atoms. The molecule has 0 bridgehead atoms. The molecule has 0 amide bonds. The molecule has 5 rings (SSSR count). The molecule has 3 aromatic carbocycles. The Morgan fingerprint density at radius 3 is 2.26 bits per heavy atom. The summed E-state index contributed by atoms with van der Waals surface area (Å²) in [6, 6.07) is 31.9. The molecule has 31 heavy (non-hydrogen) atoms. The van der Waals surface area contributed by atoms with Gasteiger partial charge in [-0.15, -0.1) is 0 Å². The Hall–Kier alpha value is -4.67. The van der Waals surface area contributed by atoms with Gasteiger partial charge in [-0.2, -0.15) is 10.5 Å². The number of nitriles is 2. The molecule has 0 radical (unpaired) electrons. The van der Waals surface area contributed by atoms with E-state index in [-0.39, 0.29) is 0 Å². The van der Waals surface area contributed by atoms with Gasteiger partial charge in [0.25, 0.3) is 0 Å². The van der Waals surface area contributed by atoms with Gasteiger partial charge in [0.05, 0.1) is 28.4 Å². The number of rotatable bonds is 3.